The van der Waals surface area contributed by atoms with Crippen LogP contribution in [0.4, 0.5) is 23.0 Å². The average Bonchev–Trinajstić information content (AvgIpc) is 2.46. The molecule has 106 valence electrons. The highest BCUT2D eigenvalue weighted by Crippen LogP contribution is 2.26. The van der Waals surface area contributed by atoms with E-state index >= 15 is 0 Å². The molecule has 0 aliphatic heterocycles. The Bertz CT molecular complexity index is 556. The van der Waals surface area contributed by atoms with Crippen molar-refractivity contribution in [1.82, 2.24) is 9.97 Å². The zero-order valence-corrected chi connectivity index (χ0v) is 11.7. The van der Waals surface area contributed by atoms with Crippen LogP contribution in [0.25, 0.3) is 0 Å². The molecule has 0 saturated heterocycles. The maximum absolute atomic E-state index is 6.02. The number of nitrogens with one attached hydrogen (secondary N) is 2. The third kappa shape index (κ3) is 3.28. The van der Waals surface area contributed by atoms with Gasteiger partial charge in [-0.25, -0.2) is 9.97 Å². The molecule has 2 aromatic rings. The Morgan fingerprint density at radius 1 is 1.10 bits per heavy atom. The maximum Gasteiger partial charge on any atom is 0.159 e. The van der Waals surface area contributed by atoms with E-state index in [9.17, 15) is 0 Å². The van der Waals surface area contributed by atoms with E-state index in [1.54, 1.807) is 0 Å². The zero-order chi connectivity index (χ0) is 14.4. The maximum atomic E-state index is 6.02. The number of nitrogen functional groups attached to an aromatic ring is 1. The minimum absolute atomic E-state index is 0.503. The number of nitrogens with two attached hydrogens (primary N) is 1. The Balaban J connectivity index is 2.15. The molecular formula is C14H19N5O. The molecule has 1 heterocycles. The van der Waals surface area contributed by atoms with Gasteiger partial charge in [0.15, 0.2) is 11.6 Å². The van der Waals surface area contributed by atoms with Crippen LogP contribution in [0.3, 0.4) is 0 Å². The van der Waals surface area contributed by atoms with Gasteiger partial charge in [0, 0.05) is 12.2 Å². The Morgan fingerprint density at radius 3 is 2.45 bits per heavy atom. The fourth-order valence-electron chi connectivity index (χ4n) is 1.74. The van der Waals surface area contributed by atoms with Crippen LogP contribution in [0.15, 0.2) is 30.6 Å². The lowest BCUT2D eigenvalue weighted by atomic mass is 10.3. The normalized spacial score (nSPS) is 10.1. The molecule has 1 aromatic heterocycles. The number of benzene rings is 1. The molecule has 1 aromatic carbocycles. The topological polar surface area (TPSA) is 85.1 Å². The van der Waals surface area contributed by atoms with E-state index in [1.165, 1.54) is 6.33 Å². The van der Waals surface area contributed by atoms with Crippen LogP contribution in [0, 0.1) is 0 Å². The van der Waals surface area contributed by atoms with Gasteiger partial charge in [-0.1, -0.05) is 0 Å². The number of aromatic nitrogens is 2. The first-order valence-electron chi connectivity index (χ1n) is 6.58. The van der Waals surface area contributed by atoms with E-state index in [1.807, 2.05) is 38.1 Å². The fraction of sp³-hybridized carbons (Fsp3) is 0.286. The van der Waals surface area contributed by atoms with Gasteiger partial charge in [0.2, 0.25) is 0 Å². The van der Waals surface area contributed by atoms with E-state index in [4.69, 9.17) is 10.5 Å². The summed E-state index contributed by atoms with van der Waals surface area (Å²) in [6, 6.07) is 7.63. The number of nitrogens with zero attached hydrogens (tertiary/aromatic N) is 2. The highest BCUT2D eigenvalue weighted by Gasteiger charge is 2.07. The van der Waals surface area contributed by atoms with E-state index in [0.717, 1.165) is 18.0 Å². The molecule has 6 nitrogen and oxygen atoms in total. The van der Waals surface area contributed by atoms with Gasteiger partial charge in [0.1, 0.15) is 17.8 Å². The summed E-state index contributed by atoms with van der Waals surface area (Å²) in [6.07, 6.45) is 1.48. The fourth-order valence-corrected chi connectivity index (χ4v) is 1.74. The van der Waals surface area contributed by atoms with Crippen molar-refractivity contribution in [3.63, 3.8) is 0 Å². The molecule has 0 atom stereocenters. The van der Waals surface area contributed by atoms with Crippen LogP contribution in [-0.2, 0) is 0 Å². The number of rotatable bonds is 6. The summed E-state index contributed by atoms with van der Waals surface area (Å²) in [5.74, 6) is 2.05. The van der Waals surface area contributed by atoms with Crippen molar-refractivity contribution in [2.75, 3.05) is 29.5 Å². The van der Waals surface area contributed by atoms with E-state index < -0.39 is 0 Å². The SMILES string of the molecule is CCNc1ncnc(Nc2ccc(OCC)cc2)c1N. The minimum Gasteiger partial charge on any atom is -0.494 e. The van der Waals surface area contributed by atoms with Gasteiger partial charge in [-0.15, -0.1) is 0 Å². The van der Waals surface area contributed by atoms with E-state index in [-0.39, 0.29) is 0 Å². The predicted molar refractivity (Wildman–Crippen MR) is 81.5 cm³/mol. The Labute approximate surface area is 118 Å². The van der Waals surface area contributed by atoms with Gasteiger partial charge in [-0.05, 0) is 38.1 Å². The van der Waals surface area contributed by atoms with Gasteiger partial charge in [-0.3, -0.25) is 0 Å². The van der Waals surface area contributed by atoms with Crippen LogP contribution in [0.1, 0.15) is 13.8 Å². The van der Waals surface area contributed by atoms with Gasteiger partial charge in [-0.2, -0.15) is 0 Å². The summed E-state index contributed by atoms with van der Waals surface area (Å²) in [6.45, 7) is 5.35. The van der Waals surface area contributed by atoms with Gasteiger partial charge in [0.05, 0.1) is 6.61 Å². The largest absolute Gasteiger partial charge is 0.494 e. The summed E-state index contributed by atoms with van der Waals surface area (Å²) in [7, 11) is 0. The third-order valence-electron chi connectivity index (χ3n) is 2.66. The molecule has 0 aliphatic rings. The molecule has 0 fully saturated rings. The van der Waals surface area contributed by atoms with Gasteiger partial charge >= 0.3 is 0 Å². The molecular weight excluding hydrogens is 254 g/mol. The van der Waals surface area contributed by atoms with Gasteiger partial charge in [0.25, 0.3) is 0 Å². The second kappa shape index (κ2) is 6.60. The molecule has 0 bridgehead atoms. The van der Waals surface area contributed by atoms with Crippen molar-refractivity contribution >= 4 is 23.0 Å². The van der Waals surface area contributed by atoms with Crippen LogP contribution in [-0.4, -0.2) is 23.1 Å². The Morgan fingerprint density at radius 2 is 1.80 bits per heavy atom. The number of hydrogen-bond donors (Lipinski definition) is 3. The first-order chi connectivity index (χ1) is 9.74. The van der Waals surface area contributed by atoms with Crippen molar-refractivity contribution in [2.24, 2.45) is 0 Å². The molecule has 0 unspecified atom stereocenters. The molecule has 0 spiro atoms. The highest BCUT2D eigenvalue weighted by atomic mass is 16.5. The lowest BCUT2D eigenvalue weighted by molar-refractivity contribution is 0.340. The van der Waals surface area contributed by atoms with Crippen LogP contribution >= 0.6 is 0 Å². The van der Waals surface area contributed by atoms with Crippen molar-refractivity contribution in [3.05, 3.63) is 30.6 Å². The van der Waals surface area contributed by atoms with Crippen molar-refractivity contribution in [2.45, 2.75) is 13.8 Å². The Hall–Kier alpha value is -2.50. The summed E-state index contributed by atoms with van der Waals surface area (Å²) in [5.41, 5.74) is 7.41. The second-order valence-corrected chi connectivity index (χ2v) is 4.10. The number of ether oxygens (including phenoxy) is 1. The molecule has 0 radical (unpaired) electrons. The van der Waals surface area contributed by atoms with Crippen molar-refractivity contribution in [3.8, 4) is 5.75 Å². The molecule has 6 heteroatoms. The predicted octanol–water partition coefficient (Wildman–Crippen LogP) is 2.63. The summed E-state index contributed by atoms with van der Waals surface area (Å²) in [4.78, 5) is 8.26. The Kier molecular flexibility index (Phi) is 4.60. The summed E-state index contributed by atoms with van der Waals surface area (Å²) >= 11 is 0. The summed E-state index contributed by atoms with van der Waals surface area (Å²) in [5, 5.41) is 6.26. The van der Waals surface area contributed by atoms with Crippen LogP contribution < -0.4 is 21.1 Å². The van der Waals surface area contributed by atoms with Crippen molar-refractivity contribution < 1.29 is 4.74 Å². The molecule has 20 heavy (non-hydrogen) atoms. The second-order valence-electron chi connectivity index (χ2n) is 4.10. The van der Waals surface area contributed by atoms with E-state index in [0.29, 0.717) is 23.9 Å². The minimum atomic E-state index is 0.503. The lowest BCUT2D eigenvalue weighted by Gasteiger charge is -2.12. The quantitative estimate of drug-likeness (QED) is 0.750. The molecule has 0 saturated carbocycles. The number of anilines is 4. The summed E-state index contributed by atoms with van der Waals surface area (Å²) < 4.78 is 5.40. The zero-order valence-electron chi connectivity index (χ0n) is 11.7. The monoisotopic (exact) mass is 273 g/mol. The first-order valence-corrected chi connectivity index (χ1v) is 6.58. The molecule has 0 aliphatic carbocycles. The standard InChI is InChI=1S/C14H19N5O/c1-3-16-13-12(15)14(18-9-17-13)19-10-5-7-11(8-6-10)20-4-2/h5-9H,3-4,15H2,1-2H3,(H2,16,17,18,19). The lowest BCUT2D eigenvalue weighted by Crippen LogP contribution is -2.07. The van der Waals surface area contributed by atoms with Crippen LogP contribution in [0.5, 0.6) is 5.75 Å². The van der Waals surface area contributed by atoms with Crippen LogP contribution in [0.2, 0.25) is 0 Å². The molecule has 0 amide bonds. The van der Waals surface area contributed by atoms with E-state index in [2.05, 4.69) is 20.6 Å². The average molecular weight is 273 g/mol. The third-order valence-corrected chi connectivity index (χ3v) is 2.66. The highest BCUT2D eigenvalue weighted by molar-refractivity contribution is 5.77. The van der Waals surface area contributed by atoms with Gasteiger partial charge < -0.3 is 21.1 Å². The molecule has 4 N–H and O–H groups in total. The molecule has 2 rings (SSSR count). The smallest absolute Gasteiger partial charge is 0.159 e. The van der Waals surface area contributed by atoms with Crippen molar-refractivity contribution in [1.29, 1.82) is 0 Å². The first kappa shape index (κ1) is 13.9. The number of hydrogen-bond acceptors (Lipinski definition) is 6.